The molecule has 128 valence electrons. The molecule has 2 heterocycles. The number of aromatic nitrogens is 2. The Labute approximate surface area is 140 Å². The fraction of sp³-hybridized carbons (Fsp3) is 0.118. The third-order valence-corrected chi connectivity index (χ3v) is 3.37. The van der Waals surface area contributed by atoms with E-state index in [9.17, 15) is 18.0 Å². The fourth-order valence-electron chi connectivity index (χ4n) is 2.09. The Morgan fingerprint density at radius 1 is 1.16 bits per heavy atom. The minimum atomic E-state index is -4.41. The maximum atomic E-state index is 12.6. The lowest BCUT2D eigenvalue weighted by molar-refractivity contribution is -0.137. The molecule has 0 atom stereocenters. The Morgan fingerprint density at radius 2 is 1.92 bits per heavy atom. The van der Waals surface area contributed by atoms with Crippen LogP contribution in [0.15, 0.2) is 59.5 Å². The smallest absolute Gasteiger partial charge is 0.416 e. The fourth-order valence-corrected chi connectivity index (χ4v) is 2.09. The van der Waals surface area contributed by atoms with Crippen molar-refractivity contribution in [2.45, 2.75) is 12.7 Å². The first-order chi connectivity index (χ1) is 11.9. The summed E-state index contributed by atoms with van der Waals surface area (Å²) in [6.07, 6.45) is -0.00591. The molecule has 1 aromatic carbocycles. The SMILES string of the molecule is O=C(NCc1cccnc1)c1coc(-c2ccc(C(F)(F)F)cc2)n1. The molecule has 1 N–H and O–H groups in total. The Hall–Kier alpha value is -3.16. The van der Waals surface area contributed by atoms with Crippen LogP contribution in [0, 0.1) is 0 Å². The van der Waals surface area contributed by atoms with Crippen molar-refractivity contribution < 1.29 is 22.4 Å². The molecule has 3 rings (SSSR count). The highest BCUT2D eigenvalue weighted by Crippen LogP contribution is 2.30. The van der Waals surface area contributed by atoms with E-state index < -0.39 is 17.6 Å². The van der Waals surface area contributed by atoms with Crippen LogP contribution in [0.25, 0.3) is 11.5 Å². The summed E-state index contributed by atoms with van der Waals surface area (Å²) in [7, 11) is 0. The highest BCUT2D eigenvalue weighted by molar-refractivity contribution is 5.92. The van der Waals surface area contributed by atoms with Gasteiger partial charge in [0, 0.05) is 24.5 Å². The van der Waals surface area contributed by atoms with Crippen molar-refractivity contribution in [3.63, 3.8) is 0 Å². The monoisotopic (exact) mass is 347 g/mol. The van der Waals surface area contributed by atoms with Gasteiger partial charge in [-0.3, -0.25) is 9.78 Å². The molecule has 2 aromatic heterocycles. The van der Waals surface area contributed by atoms with Crippen LogP contribution < -0.4 is 5.32 Å². The van der Waals surface area contributed by atoms with Crippen molar-refractivity contribution in [2.75, 3.05) is 0 Å². The molecule has 0 saturated heterocycles. The van der Waals surface area contributed by atoms with Gasteiger partial charge in [-0.25, -0.2) is 4.98 Å². The number of oxazole rings is 1. The first kappa shape index (κ1) is 16.7. The summed E-state index contributed by atoms with van der Waals surface area (Å²) in [6, 6.07) is 7.91. The molecule has 0 unspecified atom stereocenters. The van der Waals surface area contributed by atoms with Crippen molar-refractivity contribution in [3.05, 3.63) is 71.9 Å². The third kappa shape index (κ3) is 4.03. The Kier molecular flexibility index (Phi) is 4.51. The van der Waals surface area contributed by atoms with Crippen LogP contribution in [0.4, 0.5) is 13.2 Å². The van der Waals surface area contributed by atoms with Gasteiger partial charge in [-0.15, -0.1) is 0 Å². The molecule has 3 aromatic rings. The minimum absolute atomic E-state index is 0.0405. The second kappa shape index (κ2) is 6.76. The van der Waals surface area contributed by atoms with Gasteiger partial charge >= 0.3 is 6.18 Å². The van der Waals surface area contributed by atoms with E-state index >= 15 is 0 Å². The average Bonchev–Trinajstić information content (AvgIpc) is 3.10. The van der Waals surface area contributed by atoms with Crippen molar-refractivity contribution in [1.29, 1.82) is 0 Å². The highest BCUT2D eigenvalue weighted by Gasteiger charge is 2.30. The van der Waals surface area contributed by atoms with Gasteiger partial charge in [-0.2, -0.15) is 13.2 Å². The number of amides is 1. The van der Waals surface area contributed by atoms with Gasteiger partial charge in [-0.05, 0) is 35.9 Å². The number of halogens is 3. The van der Waals surface area contributed by atoms with Crippen LogP contribution in [0.2, 0.25) is 0 Å². The molecule has 0 radical (unpaired) electrons. The molecule has 0 bridgehead atoms. The van der Waals surface area contributed by atoms with E-state index in [-0.39, 0.29) is 18.1 Å². The van der Waals surface area contributed by atoms with Crippen LogP contribution in [-0.2, 0) is 12.7 Å². The maximum Gasteiger partial charge on any atom is 0.416 e. The number of pyridine rings is 1. The average molecular weight is 347 g/mol. The first-order valence-electron chi connectivity index (χ1n) is 7.24. The second-order valence-corrected chi connectivity index (χ2v) is 5.16. The maximum absolute atomic E-state index is 12.6. The van der Waals surface area contributed by atoms with Crippen molar-refractivity contribution in [3.8, 4) is 11.5 Å². The van der Waals surface area contributed by atoms with E-state index in [0.29, 0.717) is 5.56 Å². The lowest BCUT2D eigenvalue weighted by atomic mass is 10.1. The third-order valence-electron chi connectivity index (χ3n) is 3.37. The van der Waals surface area contributed by atoms with E-state index in [0.717, 1.165) is 24.0 Å². The van der Waals surface area contributed by atoms with Crippen molar-refractivity contribution >= 4 is 5.91 Å². The van der Waals surface area contributed by atoms with E-state index in [1.807, 2.05) is 6.07 Å². The quantitative estimate of drug-likeness (QED) is 0.782. The zero-order valence-corrected chi connectivity index (χ0v) is 12.7. The molecule has 1 amide bonds. The van der Waals surface area contributed by atoms with Crippen LogP contribution in [0.5, 0.6) is 0 Å². The van der Waals surface area contributed by atoms with Crippen LogP contribution in [0.3, 0.4) is 0 Å². The first-order valence-corrected chi connectivity index (χ1v) is 7.24. The number of nitrogens with one attached hydrogen (secondary N) is 1. The zero-order chi connectivity index (χ0) is 17.9. The predicted octanol–water partition coefficient (Wildman–Crippen LogP) is 3.69. The topological polar surface area (TPSA) is 68.0 Å². The Balaban J connectivity index is 1.68. The number of benzene rings is 1. The summed E-state index contributed by atoms with van der Waals surface area (Å²) in [6.45, 7) is 0.273. The molecular formula is C17H12F3N3O2. The van der Waals surface area contributed by atoms with Gasteiger partial charge in [0.15, 0.2) is 5.69 Å². The molecule has 0 aliphatic carbocycles. The van der Waals surface area contributed by atoms with Crippen molar-refractivity contribution in [1.82, 2.24) is 15.3 Å². The van der Waals surface area contributed by atoms with E-state index in [4.69, 9.17) is 4.42 Å². The normalized spacial score (nSPS) is 11.3. The van der Waals surface area contributed by atoms with E-state index in [1.54, 1.807) is 18.5 Å². The summed E-state index contributed by atoms with van der Waals surface area (Å²) >= 11 is 0. The standard InChI is InChI=1S/C17H12F3N3O2/c18-17(19,20)13-5-3-12(4-6-13)16-23-14(10-25-16)15(24)22-9-11-2-1-7-21-8-11/h1-8,10H,9H2,(H,22,24). The van der Waals surface area contributed by atoms with Crippen LogP contribution in [-0.4, -0.2) is 15.9 Å². The molecule has 0 saturated carbocycles. The lowest BCUT2D eigenvalue weighted by Crippen LogP contribution is -2.23. The second-order valence-electron chi connectivity index (χ2n) is 5.16. The van der Waals surface area contributed by atoms with Gasteiger partial charge in [0.05, 0.1) is 5.56 Å². The number of carbonyl (C=O) groups excluding carboxylic acids is 1. The molecule has 5 nitrogen and oxygen atoms in total. The van der Waals surface area contributed by atoms with Crippen LogP contribution in [0.1, 0.15) is 21.6 Å². The van der Waals surface area contributed by atoms with Crippen LogP contribution >= 0.6 is 0 Å². The molecule has 0 fully saturated rings. The summed E-state index contributed by atoms with van der Waals surface area (Å²) in [4.78, 5) is 20.0. The van der Waals surface area contributed by atoms with Crippen molar-refractivity contribution in [2.24, 2.45) is 0 Å². The molecule has 8 heteroatoms. The molecule has 0 aliphatic heterocycles. The van der Waals surface area contributed by atoms with Gasteiger partial charge in [0.1, 0.15) is 6.26 Å². The van der Waals surface area contributed by atoms with Gasteiger partial charge in [0.2, 0.25) is 5.89 Å². The number of hydrogen-bond donors (Lipinski definition) is 1. The molecular weight excluding hydrogens is 335 g/mol. The highest BCUT2D eigenvalue weighted by atomic mass is 19.4. The summed E-state index contributed by atoms with van der Waals surface area (Å²) < 4.78 is 42.9. The van der Waals surface area contributed by atoms with Gasteiger partial charge in [-0.1, -0.05) is 6.07 Å². The van der Waals surface area contributed by atoms with Gasteiger partial charge in [0.25, 0.3) is 5.91 Å². The number of hydrogen-bond acceptors (Lipinski definition) is 4. The van der Waals surface area contributed by atoms with E-state index in [1.165, 1.54) is 12.1 Å². The number of carbonyl (C=O) groups is 1. The predicted molar refractivity (Wildman–Crippen MR) is 82.3 cm³/mol. The summed E-state index contributed by atoms with van der Waals surface area (Å²) in [5.41, 5.74) is 0.442. The Morgan fingerprint density at radius 3 is 2.56 bits per heavy atom. The van der Waals surface area contributed by atoms with Gasteiger partial charge < -0.3 is 9.73 Å². The Bertz CT molecular complexity index is 859. The number of rotatable bonds is 4. The largest absolute Gasteiger partial charge is 0.444 e. The number of alkyl halides is 3. The van der Waals surface area contributed by atoms with E-state index in [2.05, 4.69) is 15.3 Å². The summed E-state index contributed by atoms with van der Waals surface area (Å²) in [5.74, 6) is -0.383. The molecule has 0 spiro atoms. The molecule has 25 heavy (non-hydrogen) atoms. The zero-order valence-electron chi connectivity index (χ0n) is 12.7. The number of nitrogens with zero attached hydrogens (tertiary/aromatic N) is 2. The lowest BCUT2D eigenvalue weighted by Gasteiger charge is -2.06. The summed E-state index contributed by atoms with van der Waals surface area (Å²) in [5, 5.41) is 2.66. The minimum Gasteiger partial charge on any atom is -0.444 e. The molecule has 0 aliphatic rings.